The standard InChI is InChI=1S/C18H31F3O2/c1-2-3-4-5-6-7-8-9-10-11-12-13-14-15-16-23-17(22)18(19,20)21/h15-16H,2-14H2,1H3. The van der Waals surface area contributed by atoms with Gasteiger partial charge >= 0.3 is 12.1 Å². The Morgan fingerprint density at radius 3 is 1.70 bits per heavy atom. The third kappa shape index (κ3) is 15.7. The molecule has 0 saturated carbocycles. The lowest BCUT2D eigenvalue weighted by molar-refractivity contribution is -0.193. The van der Waals surface area contributed by atoms with Gasteiger partial charge in [-0.2, -0.15) is 13.2 Å². The minimum Gasteiger partial charge on any atom is -0.428 e. The Morgan fingerprint density at radius 1 is 0.826 bits per heavy atom. The molecule has 0 bridgehead atoms. The SMILES string of the molecule is CCCCCCCCCCCCCCC=COC(=O)C(F)(F)F. The van der Waals surface area contributed by atoms with Crippen LogP contribution in [0.1, 0.15) is 90.4 Å². The van der Waals surface area contributed by atoms with E-state index in [0.29, 0.717) is 6.42 Å². The molecule has 0 aliphatic rings. The topological polar surface area (TPSA) is 26.3 Å². The third-order valence-electron chi connectivity index (χ3n) is 3.73. The van der Waals surface area contributed by atoms with Crippen LogP contribution in [-0.4, -0.2) is 12.1 Å². The summed E-state index contributed by atoms with van der Waals surface area (Å²) >= 11 is 0. The number of alkyl halides is 3. The number of hydrogen-bond donors (Lipinski definition) is 0. The number of carbonyl (C=O) groups excluding carboxylic acids is 1. The fraction of sp³-hybridized carbons (Fsp3) is 0.833. The number of allylic oxidation sites excluding steroid dienone is 1. The molecule has 0 amide bonds. The maximum atomic E-state index is 11.8. The summed E-state index contributed by atoms with van der Waals surface area (Å²) in [4.78, 5) is 10.4. The van der Waals surface area contributed by atoms with E-state index in [2.05, 4.69) is 11.7 Å². The number of halogens is 3. The lowest BCUT2D eigenvalue weighted by Gasteiger charge is -2.03. The first-order chi connectivity index (χ1) is 11.0. The van der Waals surface area contributed by atoms with Crippen molar-refractivity contribution >= 4 is 5.97 Å². The molecule has 23 heavy (non-hydrogen) atoms. The van der Waals surface area contributed by atoms with Crippen molar-refractivity contribution in [3.8, 4) is 0 Å². The lowest BCUT2D eigenvalue weighted by Crippen LogP contribution is -2.23. The normalized spacial score (nSPS) is 12.0. The zero-order valence-corrected chi connectivity index (χ0v) is 14.3. The van der Waals surface area contributed by atoms with E-state index in [1.165, 1.54) is 63.9 Å². The Kier molecular flexibility index (Phi) is 13.9. The molecular formula is C18H31F3O2. The molecule has 0 aliphatic carbocycles. The summed E-state index contributed by atoms with van der Waals surface area (Å²) in [5, 5.41) is 0. The molecule has 0 saturated heterocycles. The van der Waals surface area contributed by atoms with Gasteiger partial charge in [0.25, 0.3) is 0 Å². The average Bonchev–Trinajstić information content (AvgIpc) is 2.50. The van der Waals surface area contributed by atoms with Crippen LogP contribution in [0.25, 0.3) is 0 Å². The molecule has 136 valence electrons. The van der Waals surface area contributed by atoms with Crippen molar-refractivity contribution in [2.75, 3.05) is 0 Å². The number of unbranched alkanes of at least 4 members (excludes halogenated alkanes) is 12. The van der Waals surface area contributed by atoms with Gasteiger partial charge in [0.15, 0.2) is 0 Å². The maximum absolute atomic E-state index is 11.8. The number of rotatable bonds is 14. The zero-order valence-electron chi connectivity index (χ0n) is 14.3. The predicted octanol–water partition coefficient (Wildman–Crippen LogP) is 6.70. The van der Waals surface area contributed by atoms with Crippen LogP contribution in [0.15, 0.2) is 12.3 Å². The first-order valence-corrected chi connectivity index (χ1v) is 8.91. The molecule has 0 atom stereocenters. The van der Waals surface area contributed by atoms with E-state index in [-0.39, 0.29) is 0 Å². The molecule has 0 radical (unpaired) electrons. The second kappa shape index (κ2) is 14.6. The Labute approximate surface area is 138 Å². The van der Waals surface area contributed by atoms with Crippen LogP contribution in [0.2, 0.25) is 0 Å². The smallest absolute Gasteiger partial charge is 0.428 e. The summed E-state index contributed by atoms with van der Waals surface area (Å²) in [7, 11) is 0. The van der Waals surface area contributed by atoms with Crippen LogP contribution in [-0.2, 0) is 9.53 Å². The monoisotopic (exact) mass is 336 g/mol. The van der Waals surface area contributed by atoms with Crippen molar-refractivity contribution in [3.63, 3.8) is 0 Å². The second-order valence-corrected chi connectivity index (χ2v) is 5.95. The molecule has 0 N–H and O–H groups in total. The highest BCUT2D eigenvalue weighted by molar-refractivity contribution is 5.76. The third-order valence-corrected chi connectivity index (χ3v) is 3.73. The van der Waals surface area contributed by atoms with Crippen molar-refractivity contribution in [2.45, 2.75) is 96.6 Å². The molecule has 5 heteroatoms. The fourth-order valence-corrected chi connectivity index (χ4v) is 2.35. The number of carbonyl (C=O) groups is 1. The van der Waals surface area contributed by atoms with Gasteiger partial charge in [-0.25, -0.2) is 4.79 Å². The molecule has 0 aliphatic heterocycles. The summed E-state index contributed by atoms with van der Waals surface area (Å²) < 4.78 is 39.4. The molecule has 0 aromatic rings. The van der Waals surface area contributed by atoms with Crippen molar-refractivity contribution in [1.29, 1.82) is 0 Å². The summed E-state index contributed by atoms with van der Waals surface area (Å²) in [6.45, 7) is 2.23. The van der Waals surface area contributed by atoms with Gasteiger partial charge in [-0.1, -0.05) is 77.6 Å². The highest BCUT2D eigenvalue weighted by Crippen LogP contribution is 2.16. The van der Waals surface area contributed by atoms with Gasteiger partial charge in [0.2, 0.25) is 0 Å². The Bertz CT molecular complexity index is 312. The van der Waals surface area contributed by atoms with Gasteiger partial charge in [-0.05, 0) is 18.9 Å². The summed E-state index contributed by atoms with van der Waals surface area (Å²) in [6.07, 6.45) is 13.0. The highest BCUT2D eigenvalue weighted by atomic mass is 19.4. The fourth-order valence-electron chi connectivity index (χ4n) is 2.35. The molecule has 0 spiro atoms. The molecule has 0 aromatic heterocycles. The molecule has 0 fully saturated rings. The van der Waals surface area contributed by atoms with Crippen molar-refractivity contribution in [2.24, 2.45) is 0 Å². The van der Waals surface area contributed by atoms with Crippen LogP contribution in [0, 0.1) is 0 Å². The quantitative estimate of drug-likeness (QED) is 0.200. The Hall–Kier alpha value is -1.00. The van der Waals surface area contributed by atoms with Gasteiger partial charge in [-0.3, -0.25) is 0 Å². The van der Waals surface area contributed by atoms with Gasteiger partial charge in [0.1, 0.15) is 0 Å². The van der Waals surface area contributed by atoms with E-state index < -0.39 is 12.1 Å². The summed E-state index contributed by atoms with van der Waals surface area (Å²) in [5.74, 6) is -2.16. The largest absolute Gasteiger partial charge is 0.491 e. The molecule has 0 unspecified atom stereocenters. The molecule has 0 aromatic carbocycles. The van der Waals surface area contributed by atoms with Crippen molar-refractivity contribution in [1.82, 2.24) is 0 Å². The maximum Gasteiger partial charge on any atom is 0.491 e. The van der Waals surface area contributed by atoms with Gasteiger partial charge in [-0.15, -0.1) is 0 Å². The first kappa shape index (κ1) is 22.0. The molecular weight excluding hydrogens is 305 g/mol. The van der Waals surface area contributed by atoms with Gasteiger partial charge in [0.05, 0.1) is 6.26 Å². The Morgan fingerprint density at radius 2 is 1.26 bits per heavy atom. The van der Waals surface area contributed by atoms with E-state index in [0.717, 1.165) is 25.5 Å². The highest BCUT2D eigenvalue weighted by Gasteiger charge is 2.40. The summed E-state index contributed by atoms with van der Waals surface area (Å²) in [5.41, 5.74) is 0. The van der Waals surface area contributed by atoms with Crippen LogP contribution >= 0.6 is 0 Å². The Balaban J connectivity index is 3.23. The minimum absolute atomic E-state index is 0.641. The molecule has 0 heterocycles. The van der Waals surface area contributed by atoms with E-state index in [1.807, 2.05) is 0 Å². The van der Waals surface area contributed by atoms with E-state index in [4.69, 9.17) is 0 Å². The van der Waals surface area contributed by atoms with Crippen molar-refractivity contribution < 1.29 is 22.7 Å². The van der Waals surface area contributed by atoms with Crippen LogP contribution in [0.4, 0.5) is 13.2 Å². The number of ether oxygens (including phenoxy) is 1. The van der Waals surface area contributed by atoms with E-state index in [9.17, 15) is 18.0 Å². The lowest BCUT2D eigenvalue weighted by atomic mass is 10.0. The van der Waals surface area contributed by atoms with Crippen LogP contribution < -0.4 is 0 Å². The average molecular weight is 336 g/mol. The minimum atomic E-state index is -4.92. The zero-order chi connectivity index (χ0) is 17.4. The molecule has 2 nitrogen and oxygen atoms in total. The van der Waals surface area contributed by atoms with Gasteiger partial charge in [0, 0.05) is 0 Å². The first-order valence-electron chi connectivity index (χ1n) is 8.91. The second-order valence-electron chi connectivity index (χ2n) is 5.95. The van der Waals surface area contributed by atoms with Crippen molar-refractivity contribution in [3.05, 3.63) is 12.3 Å². The van der Waals surface area contributed by atoms with Crippen LogP contribution in [0.3, 0.4) is 0 Å². The predicted molar refractivity (Wildman–Crippen MR) is 87.0 cm³/mol. The molecule has 0 rings (SSSR count). The van der Waals surface area contributed by atoms with Gasteiger partial charge < -0.3 is 4.74 Å². The summed E-state index contributed by atoms with van der Waals surface area (Å²) in [6, 6.07) is 0. The number of esters is 1. The number of hydrogen-bond acceptors (Lipinski definition) is 2. The van der Waals surface area contributed by atoms with E-state index >= 15 is 0 Å². The van der Waals surface area contributed by atoms with Crippen LogP contribution in [0.5, 0.6) is 0 Å². The van der Waals surface area contributed by atoms with E-state index in [1.54, 1.807) is 0 Å².